The zero-order chi connectivity index (χ0) is 14.4. The minimum absolute atomic E-state index is 0.190. The standard InChI is InChI=1S/C16H15N3O/c1-12-5-2-6-13(11-12)16(20)19-15-9-3-7-14(18-15)8-4-10-17/h2-3,5-7,9,11H,10,17H2,1H3,(H,18,19,20). The van der Waals surface area contributed by atoms with Crippen LogP contribution >= 0.6 is 0 Å². The Labute approximate surface area is 118 Å². The Morgan fingerprint density at radius 1 is 1.30 bits per heavy atom. The SMILES string of the molecule is Cc1cccc(C(=O)Nc2cccc(C#CCN)n2)c1. The summed E-state index contributed by atoms with van der Waals surface area (Å²) in [5.74, 6) is 5.84. The molecule has 0 aliphatic rings. The van der Waals surface area contributed by atoms with E-state index in [1.54, 1.807) is 24.3 Å². The average molecular weight is 265 g/mol. The minimum atomic E-state index is -0.190. The van der Waals surface area contributed by atoms with Gasteiger partial charge in [0.2, 0.25) is 0 Å². The van der Waals surface area contributed by atoms with E-state index in [0.717, 1.165) is 5.56 Å². The predicted octanol–water partition coefficient (Wildman–Crippen LogP) is 1.95. The van der Waals surface area contributed by atoms with Gasteiger partial charge in [-0.25, -0.2) is 4.98 Å². The van der Waals surface area contributed by atoms with Crippen LogP contribution < -0.4 is 11.1 Å². The van der Waals surface area contributed by atoms with E-state index in [9.17, 15) is 4.79 Å². The van der Waals surface area contributed by atoms with Gasteiger partial charge in [-0.1, -0.05) is 29.7 Å². The molecule has 4 nitrogen and oxygen atoms in total. The van der Waals surface area contributed by atoms with Crippen molar-refractivity contribution in [3.8, 4) is 11.8 Å². The Morgan fingerprint density at radius 2 is 2.10 bits per heavy atom. The van der Waals surface area contributed by atoms with Crippen molar-refractivity contribution in [3.63, 3.8) is 0 Å². The number of nitrogens with zero attached hydrogens (tertiary/aromatic N) is 1. The Bertz CT molecular complexity index is 683. The molecule has 0 saturated heterocycles. The maximum Gasteiger partial charge on any atom is 0.256 e. The summed E-state index contributed by atoms with van der Waals surface area (Å²) < 4.78 is 0. The molecule has 0 spiro atoms. The molecule has 3 N–H and O–H groups in total. The molecule has 1 heterocycles. The second-order valence-electron chi connectivity index (χ2n) is 4.24. The molecule has 0 fully saturated rings. The monoisotopic (exact) mass is 265 g/mol. The first kappa shape index (κ1) is 13.8. The number of nitrogens with two attached hydrogens (primary N) is 1. The molecule has 1 aromatic heterocycles. The van der Waals surface area contributed by atoms with E-state index < -0.39 is 0 Å². The number of benzene rings is 1. The van der Waals surface area contributed by atoms with Gasteiger partial charge in [0, 0.05) is 5.56 Å². The minimum Gasteiger partial charge on any atom is -0.320 e. The van der Waals surface area contributed by atoms with Crippen LogP contribution in [0.25, 0.3) is 0 Å². The lowest BCUT2D eigenvalue weighted by Crippen LogP contribution is -2.13. The zero-order valence-electron chi connectivity index (χ0n) is 11.2. The molecule has 1 aromatic carbocycles. The highest BCUT2D eigenvalue weighted by Gasteiger charge is 2.06. The van der Waals surface area contributed by atoms with Crippen molar-refractivity contribution >= 4 is 11.7 Å². The molecule has 0 unspecified atom stereocenters. The van der Waals surface area contributed by atoms with E-state index in [0.29, 0.717) is 17.1 Å². The predicted molar refractivity (Wildman–Crippen MR) is 79.3 cm³/mol. The first-order chi connectivity index (χ1) is 9.69. The average Bonchev–Trinajstić information content (AvgIpc) is 2.45. The van der Waals surface area contributed by atoms with Gasteiger partial charge >= 0.3 is 0 Å². The van der Waals surface area contributed by atoms with Crippen molar-refractivity contribution in [3.05, 3.63) is 59.3 Å². The fourth-order valence-electron chi connectivity index (χ4n) is 1.69. The molecule has 2 rings (SSSR count). The summed E-state index contributed by atoms with van der Waals surface area (Å²) in [6, 6.07) is 12.7. The number of carbonyl (C=O) groups is 1. The van der Waals surface area contributed by atoms with Crippen LogP contribution in [-0.2, 0) is 0 Å². The van der Waals surface area contributed by atoms with Crippen LogP contribution in [0, 0.1) is 18.8 Å². The summed E-state index contributed by atoms with van der Waals surface area (Å²) in [5, 5.41) is 2.75. The van der Waals surface area contributed by atoms with Crippen molar-refractivity contribution in [2.24, 2.45) is 5.73 Å². The topological polar surface area (TPSA) is 68.0 Å². The summed E-state index contributed by atoms with van der Waals surface area (Å²) in [4.78, 5) is 16.3. The molecule has 0 atom stereocenters. The maximum atomic E-state index is 12.1. The Kier molecular flexibility index (Phi) is 4.48. The van der Waals surface area contributed by atoms with Gasteiger partial charge in [-0.15, -0.1) is 0 Å². The zero-order valence-corrected chi connectivity index (χ0v) is 11.2. The lowest BCUT2D eigenvalue weighted by Gasteiger charge is -2.05. The highest BCUT2D eigenvalue weighted by atomic mass is 16.1. The molecule has 2 aromatic rings. The molecule has 0 radical (unpaired) electrons. The van der Waals surface area contributed by atoms with E-state index in [1.165, 1.54) is 0 Å². The Morgan fingerprint density at radius 3 is 2.85 bits per heavy atom. The molecule has 4 heteroatoms. The Hall–Kier alpha value is -2.64. The normalized spacial score (nSPS) is 9.50. The van der Waals surface area contributed by atoms with E-state index >= 15 is 0 Å². The molecule has 100 valence electrons. The second kappa shape index (κ2) is 6.50. The van der Waals surface area contributed by atoms with E-state index in [1.807, 2.05) is 25.1 Å². The van der Waals surface area contributed by atoms with Gasteiger partial charge in [-0.05, 0) is 37.1 Å². The highest BCUT2D eigenvalue weighted by Crippen LogP contribution is 2.09. The van der Waals surface area contributed by atoms with Crippen molar-refractivity contribution in [1.82, 2.24) is 4.98 Å². The number of aromatic nitrogens is 1. The lowest BCUT2D eigenvalue weighted by molar-refractivity contribution is 0.102. The first-order valence-electron chi connectivity index (χ1n) is 6.23. The van der Waals surface area contributed by atoms with Gasteiger partial charge in [-0.2, -0.15) is 0 Å². The van der Waals surface area contributed by atoms with Crippen LogP contribution in [0.2, 0.25) is 0 Å². The van der Waals surface area contributed by atoms with Crippen LogP contribution in [0.4, 0.5) is 5.82 Å². The lowest BCUT2D eigenvalue weighted by atomic mass is 10.1. The van der Waals surface area contributed by atoms with Gasteiger partial charge in [0.15, 0.2) is 0 Å². The third-order valence-electron chi connectivity index (χ3n) is 2.59. The van der Waals surface area contributed by atoms with Crippen molar-refractivity contribution in [2.75, 3.05) is 11.9 Å². The largest absolute Gasteiger partial charge is 0.320 e. The molecule has 1 amide bonds. The number of carbonyl (C=O) groups excluding carboxylic acids is 1. The van der Waals surface area contributed by atoms with Gasteiger partial charge in [0.25, 0.3) is 5.91 Å². The molecule has 20 heavy (non-hydrogen) atoms. The van der Waals surface area contributed by atoms with Crippen LogP contribution in [0.15, 0.2) is 42.5 Å². The summed E-state index contributed by atoms with van der Waals surface area (Å²) in [5.41, 5.74) is 7.53. The summed E-state index contributed by atoms with van der Waals surface area (Å²) >= 11 is 0. The molecular formula is C16H15N3O. The smallest absolute Gasteiger partial charge is 0.256 e. The van der Waals surface area contributed by atoms with Crippen LogP contribution in [-0.4, -0.2) is 17.4 Å². The van der Waals surface area contributed by atoms with Crippen LogP contribution in [0.5, 0.6) is 0 Å². The summed E-state index contributed by atoms with van der Waals surface area (Å²) in [6.45, 7) is 2.22. The molecular weight excluding hydrogens is 250 g/mol. The van der Waals surface area contributed by atoms with Crippen molar-refractivity contribution in [1.29, 1.82) is 0 Å². The number of hydrogen-bond acceptors (Lipinski definition) is 3. The van der Waals surface area contributed by atoms with E-state index in [4.69, 9.17) is 5.73 Å². The van der Waals surface area contributed by atoms with Gasteiger partial charge in [-0.3, -0.25) is 4.79 Å². The van der Waals surface area contributed by atoms with E-state index in [-0.39, 0.29) is 12.5 Å². The Balaban J connectivity index is 2.15. The van der Waals surface area contributed by atoms with Crippen LogP contribution in [0.3, 0.4) is 0 Å². The van der Waals surface area contributed by atoms with Crippen LogP contribution in [0.1, 0.15) is 21.6 Å². The molecule has 0 bridgehead atoms. The fourth-order valence-corrected chi connectivity index (χ4v) is 1.69. The van der Waals surface area contributed by atoms with Crippen molar-refractivity contribution < 1.29 is 4.79 Å². The van der Waals surface area contributed by atoms with Crippen molar-refractivity contribution in [2.45, 2.75) is 6.92 Å². The molecule has 0 aliphatic carbocycles. The van der Waals surface area contributed by atoms with Gasteiger partial charge in [0.05, 0.1) is 6.54 Å². The van der Waals surface area contributed by atoms with E-state index in [2.05, 4.69) is 22.1 Å². The summed E-state index contributed by atoms with van der Waals surface area (Å²) in [7, 11) is 0. The quantitative estimate of drug-likeness (QED) is 0.815. The van der Waals surface area contributed by atoms with Gasteiger partial charge in [0.1, 0.15) is 11.5 Å². The number of rotatable bonds is 2. The number of pyridine rings is 1. The summed E-state index contributed by atoms with van der Waals surface area (Å²) in [6.07, 6.45) is 0. The number of aryl methyl sites for hydroxylation is 1. The third-order valence-corrected chi connectivity index (χ3v) is 2.59. The highest BCUT2D eigenvalue weighted by molar-refractivity contribution is 6.03. The number of hydrogen-bond donors (Lipinski definition) is 2. The number of anilines is 1. The first-order valence-corrected chi connectivity index (χ1v) is 6.23. The third kappa shape index (κ3) is 3.67. The van der Waals surface area contributed by atoms with Gasteiger partial charge < -0.3 is 11.1 Å². The maximum absolute atomic E-state index is 12.1. The number of nitrogens with one attached hydrogen (secondary N) is 1. The molecule has 0 saturated carbocycles. The second-order valence-corrected chi connectivity index (χ2v) is 4.24. The molecule has 0 aliphatic heterocycles. The number of amides is 1. The fraction of sp³-hybridized carbons (Fsp3) is 0.125.